The molecular formula is C12H21N5. The Labute approximate surface area is 103 Å². The van der Waals surface area contributed by atoms with E-state index < -0.39 is 0 Å². The van der Waals surface area contributed by atoms with Crippen LogP contribution in [0.2, 0.25) is 0 Å². The second kappa shape index (κ2) is 5.82. The van der Waals surface area contributed by atoms with Crippen LogP contribution < -0.4 is 15.5 Å². The van der Waals surface area contributed by atoms with Gasteiger partial charge >= 0.3 is 0 Å². The lowest BCUT2D eigenvalue weighted by Gasteiger charge is -2.34. The van der Waals surface area contributed by atoms with Crippen molar-refractivity contribution in [3.63, 3.8) is 0 Å². The molecule has 0 aromatic carbocycles. The fraction of sp³-hybridized carbons (Fsp3) is 0.667. The normalized spacial score (nSPS) is 20.4. The van der Waals surface area contributed by atoms with E-state index in [2.05, 4.69) is 39.3 Å². The van der Waals surface area contributed by atoms with Crippen LogP contribution in [-0.4, -0.2) is 42.2 Å². The molecule has 1 aliphatic heterocycles. The molecule has 1 saturated heterocycles. The van der Waals surface area contributed by atoms with Gasteiger partial charge < -0.3 is 15.5 Å². The number of piperazine rings is 1. The Morgan fingerprint density at radius 2 is 2.41 bits per heavy atom. The van der Waals surface area contributed by atoms with Crippen molar-refractivity contribution in [2.24, 2.45) is 0 Å². The number of aromatic nitrogens is 2. The van der Waals surface area contributed by atoms with E-state index in [1.807, 2.05) is 6.07 Å². The molecule has 0 saturated carbocycles. The zero-order valence-electron chi connectivity index (χ0n) is 10.6. The molecule has 1 aromatic rings. The van der Waals surface area contributed by atoms with Crippen molar-refractivity contribution in [3.05, 3.63) is 12.4 Å². The Bertz CT molecular complexity index is 355. The maximum Gasteiger partial charge on any atom is 0.134 e. The minimum atomic E-state index is 0.484. The zero-order valence-corrected chi connectivity index (χ0v) is 10.6. The van der Waals surface area contributed by atoms with Crippen LogP contribution >= 0.6 is 0 Å². The maximum atomic E-state index is 4.37. The van der Waals surface area contributed by atoms with Crippen molar-refractivity contribution in [2.45, 2.75) is 26.3 Å². The lowest BCUT2D eigenvalue weighted by Crippen LogP contribution is -2.50. The minimum Gasteiger partial charge on any atom is -0.370 e. The van der Waals surface area contributed by atoms with Crippen LogP contribution in [0.1, 0.15) is 20.3 Å². The number of nitrogens with one attached hydrogen (secondary N) is 2. The molecule has 1 aromatic heterocycles. The minimum absolute atomic E-state index is 0.484. The van der Waals surface area contributed by atoms with E-state index in [-0.39, 0.29) is 0 Å². The van der Waals surface area contributed by atoms with Gasteiger partial charge in [0.2, 0.25) is 0 Å². The van der Waals surface area contributed by atoms with E-state index >= 15 is 0 Å². The maximum absolute atomic E-state index is 4.37. The molecule has 5 nitrogen and oxygen atoms in total. The predicted octanol–water partition coefficient (Wildman–Crippen LogP) is 1.10. The number of hydrogen-bond donors (Lipinski definition) is 2. The lowest BCUT2D eigenvalue weighted by atomic mass is 10.2. The monoisotopic (exact) mass is 235 g/mol. The standard InChI is InChI=1S/C12H21N5/c1-3-4-14-11-7-12(16-9-15-11)17-6-5-13-8-10(17)2/h7,9-10,13H,3-6,8H2,1-2H3,(H,14,15,16). The molecule has 17 heavy (non-hydrogen) atoms. The van der Waals surface area contributed by atoms with Crippen LogP contribution in [0.25, 0.3) is 0 Å². The SMILES string of the molecule is CCCNc1cc(N2CCNCC2C)ncn1. The highest BCUT2D eigenvalue weighted by Gasteiger charge is 2.19. The number of anilines is 2. The van der Waals surface area contributed by atoms with Crippen molar-refractivity contribution in [1.29, 1.82) is 0 Å². The molecule has 2 N–H and O–H groups in total. The summed E-state index contributed by atoms with van der Waals surface area (Å²) in [5.74, 6) is 1.94. The summed E-state index contributed by atoms with van der Waals surface area (Å²) in [6.45, 7) is 8.35. The zero-order chi connectivity index (χ0) is 12.1. The first-order chi connectivity index (χ1) is 8.31. The molecule has 1 aliphatic rings. The van der Waals surface area contributed by atoms with Crippen LogP contribution in [0, 0.1) is 0 Å². The fourth-order valence-electron chi connectivity index (χ4n) is 2.04. The van der Waals surface area contributed by atoms with E-state index in [9.17, 15) is 0 Å². The average Bonchev–Trinajstić information content (AvgIpc) is 2.37. The summed E-state index contributed by atoms with van der Waals surface area (Å²) in [6.07, 6.45) is 2.74. The van der Waals surface area contributed by atoms with Crippen molar-refractivity contribution in [1.82, 2.24) is 15.3 Å². The third kappa shape index (κ3) is 3.06. The second-order valence-corrected chi connectivity index (χ2v) is 4.43. The van der Waals surface area contributed by atoms with Gasteiger partial charge in [0.1, 0.15) is 18.0 Å². The summed E-state index contributed by atoms with van der Waals surface area (Å²) in [7, 11) is 0. The molecule has 0 spiro atoms. The Balaban J connectivity index is 2.08. The second-order valence-electron chi connectivity index (χ2n) is 4.43. The van der Waals surface area contributed by atoms with Gasteiger partial charge in [0, 0.05) is 38.3 Å². The Morgan fingerprint density at radius 3 is 3.18 bits per heavy atom. The van der Waals surface area contributed by atoms with E-state index in [1.165, 1.54) is 0 Å². The molecule has 1 fully saturated rings. The number of nitrogens with zero attached hydrogens (tertiary/aromatic N) is 3. The first kappa shape index (κ1) is 12.1. The topological polar surface area (TPSA) is 53.1 Å². The van der Waals surface area contributed by atoms with Gasteiger partial charge in [-0.1, -0.05) is 6.92 Å². The van der Waals surface area contributed by atoms with Crippen molar-refractivity contribution in [2.75, 3.05) is 36.4 Å². The van der Waals surface area contributed by atoms with Gasteiger partial charge in [0.25, 0.3) is 0 Å². The molecule has 0 amide bonds. The predicted molar refractivity (Wildman–Crippen MR) is 70.5 cm³/mol. The van der Waals surface area contributed by atoms with Gasteiger partial charge in [-0.3, -0.25) is 0 Å². The third-order valence-electron chi connectivity index (χ3n) is 3.00. The van der Waals surface area contributed by atoms with Crippen LogP contribution in [0.4, 0.5) is 11.6 Å². The first-order valence-corrected chi connectivity index (χ1v) is 6.34. The van der Waals surface area contributed by atoms with Crippen molar-refractivity contribution in [3.8, 4) is 0 Å². The lowest BCUT2D eigenvalue weighted by molar-refractivity contribution is 0.497. The first-order valence-electron chi connectivity index (χ1n) is 6.34. The summed E-state index contributed by atoms with van der Waals surface area (Å²) < 4.78 is 0. The van der Waals surface area contributed by atoms with Gasteiger partial charge in [-0.2, -0.15) is 0 Å². The van der Waals surface area contributed by atoms with Crippen LogP contribution in [-0.2, 0) is 0 Å². The Kier molecular flexibility index (Phi) is 4.14. The third-order valence-corrected chi connectivity index (χ3v) is 3.00. The van der Waals surface area contributed by atoms with Gasteiger partial charge in [0.05, 0.1) is 0 Å². The molecular weight excluding hydrogens is 214 g/mol. The summed E-state index contributed by atoms with van der Waals surface area (Å²) in [5.41, 5.74) is 0. The highest BCUT2D eigenvalue weighted by atomic mass is 15.3. The summed E-state index contributed by atoms with van der Waals surface area (Å²) >= 11 is 0. The average molecular weight is 235 g/mol. The molecule has 0 aliphatic carbocycles. The Morgan fingerprint density at radius 1 is 1.53 bits per heavy atom. The van der Waals surface area contributed by atoms with Gasteiger partial charge in [-0.15, -0.1) is 0 Å². The quantitative estimate of drug-likeness (QED) is 0.818. The van der Waals surface area contributed by atoms with Gasteiger partial charge in [0.15, 0.2) is 0 Å². The molecule has 94 valence electrons. The highest BCUT2D eigenvalue weighted by molar-refractivity contribution is 5.49. The summed E-state index contributed by atoms with van der Waals surface area (Å²) in [6, 6.07) is 2.52. The van der Waals surface area contributed by atoms with Crippen LogP contribution in [0.15, 0.2) is 12.4 Å². The van der Waals surface area contributed by atoms with Gasteiger partial charge in [-0.25, -0.2) is 9.97 Å². The van der Waals surface area contributed by atoms with Crippen LogP contribution in [0.5, 0.6) is 0 Å². The van der Waals surface area contributed by atoms with Gasteiger partial charge in [-0.05, 0) is 13.3 Å². The summed E-state index contributed by atoms with van der Waals surface area (Å²) in [4.78, 5) is 10.9. The molecule has 1 unspecified atom stereocenters. The van der Waals surface area contributed by atoms with Crippen LogP contribution in [0.3, 0.4) is 0 Å². The fourth-order valence-corrected chi connectivity index (χ4v) is 2.04. The van der Waals surface area contributed by atoms with E-state index in [4.69, 9.17) is 0 Å². The molecule has 2 heterocycles. The Hall–Kier alpha value is -1.36. The largest absolute Gasteiger partial charge is 0.370 e. The highest BCUT2D eigenvalue weighted by Crippen LogP contribution is 2.17. The molecule has 0 radical (unpaired) electrons. The van der Waals surface area contributed by atoms with E-state index in [0.717, 1.165) is 44.2 Å². The van der Waals surface area contributed by atoms with Crippen molar-refractivity contribution >= 4 is 11.6 Å². The molecule has 0 bridgehead atoms. The molecule has 2 rings (SSSR count). The molecule has 5 heteroatoms. The van der Waals surface area contributed by atoms with E-state index in [1.54, 1.807) is 6.33 Å². The van der Waals surface area contributed by atoms with Crippen molar-refractivity contribution < 1.29 is 0 Å². The number of rotatable bonds is 4. The smallest absolute Gasteiger partial charge is 0.134 e. The molecule has 1 atom stereocenters. The van der Waals surface area contributed by atoms with E-state index in [0.29, 0.717) is 6.04 Å². The summed E-state index contributed by atoms with van der Waals surface area (Å²) in [5, 5.41) is 6.68. The number of hydrogen-bond acceptors (Lipinski definition) is 5.